The van der Waals surface area contributed by atoms with Gasteiger partial charge in [0.1, 0.15) is 19.1 Å². The average Bonchev–Trinajstić information content (AvgIpc) is 3.22. The van der Waals surface area contributed by atoms with E-state index < -0.39 is 0 Å². The van der Waals surface area contributed by atoms with E-state index in [2.05, 4.69) is 33.5 Å². The number of aliphatic hydroxyl groups is 1. The molecule has 0 bridgehead atoms. The molecule has 3 aromatic rings. The van der Waals surface area contributed by atoms with Gasteiger partial charge in [-0.05, 0) is 46.9 Å². The van der Waals surface area contributed by atoms with Gasteiger partial charge in [0.15, 0.2) is 0 Å². The molecule has 9 nitrogen and oxygen atoms in total. The first-order valence-corrected chi connectivity index (χ1v) is 10.8. The minimum absolute atomic E-state index is 0.0129. The van der Waals surface area contributed by atoms with Gasteiger partial charge in [0.2, 0.25) is 5.82 Å². The van der Waals surface area contributed by atoms with E-state index in [0.29, 0.717) is 31.8 Å². The van der Waals surface area contributed by atoms with Crippen molar-refractivity contribution in [3.63, 3.8) is 0 Å². The highest BCUT2D eigenvalue weighted by Crippen LogP contribution is 2.19. The van der Waals surface area contributed by atoms with Gasteiger partial charge in [-0.1, -0.05) is 25.5 Å². The van der Waals surface area contributed by atoms with Crippen LogP contribution in [-0.2, 0) is 17.8 Å². The third-order valence-corrected chi connectivity index (χ3v) is 5.93. The molecule has 1 aromatic carbocycles. The Labute approximate surface area is 182 Å². The first-order chi connectivity index (χ1) is 15.0. The Hall–Kier alpha value is -2.62. The minimum Gasteiger partial charge on any atom is -0.391 e. The lowest BCUT2D eigenvalue weighted by Gasteiger charge is -2.27. The van der Waals surface area contributed by atoms with Crippen molar-refractivity contribution >= 4 is 10.9 Å². The molecule has 1 unspecified atom stereocenters. The summed E-state index contributed by atoms with van der Waals surface area (Å²) in [5, 5.41) is 23.0. The number of fused-ring (bicyclic) bond motifs is 1. The number of tetrazole rings is 1. The van der Waals surface area contributed by atoms with Crippen LogP contribution in [0.5, 0.6) is 0 Å². The number of aromatic amines is 1. The molecule has 3 N–H and O–H groups in total. The van der Waals surface area contributed by atoms with E-state index in [4.69, 9.17) is 4.74 Å². The second-order valence-corrected chi connectivity index (χ2v) is 8.00. The van der Waals surface area contributed by atoms with E-state index in [9.17, 15) is 9.90 Å². The van der Waals surface area contributed by atoms with E-state index in [1.807, 2.05) is 26.0 Å². The molecule has 0 radical (unpaired) electrons. The molecule has 0 aliphatic carbocycles. The fraction of sp³-hybridized carbons (Fsp3) is 0.545. The van der Waals surface area contributed by atoms with Crippen molar-refractivity contribution in [2.24, 2.45) is 0 Å². The van der Waals surface area contributed by atoms with Gasteiger partial charge in [0.05, 0.1) is 30.8 Å². The molecule has 31 heavy (non-hydrogen) atoms. The molecule has 2 aromatic heterocycles. The number of aryl methyl sites for hydroxylation is 2. The normalized spacial score (nSPS) is 13.6. The number of rotatable bonds is 11. The van der Waals surface area contributed by atoms with Crippen molar-refractivity contribution in [3.8, 4) is 0 Å². The van der Waals surface area contributed by atoms with E-state index >= 15 is 0 Å². The Morgan fingerprint density at radius 3 is 2.84 bits per heavy atom. The fourth-order valence-electron chi connectivity index (χ4n) is 4.08. The number of aromatic nitrogens is 5. The van der Waals surface area contributed by atoms with Gasteiger partial charge in [-0.2, -0.15) is 0 Å². The lowest BCUT2D eigenvalue weighted by atomic mass is 10.0. The summed E-state index contributed by atoms with van der Waals surface area (Å²) in [5.74, 6) is 0.756. The molecule has 0 aliphatic heterocycles. The number of H-pyrrole nitrogens is 1. The van der Waals surface area contributed by atoms with Crippen LogP contribution in [0.3, 0.4) is 0 Å². The first-order valence-electron chi connectivity index (χ1n) is 10.8. The summed E-state index contributed by atoms with van der Waals surface area (Å²) in [6, 6.07) is 6.04. The molecule has 0 aliphatic rings. The largest absolute Gasteiger partial charge is 0.391 e. The van der Waals surface area contributed by atoms with Crippen molar-refractivity contribution < 1.29 is 14.7 Å². The molecule has 9 heteroatoms. The van der Waals surface area contributed by atoms with Crippen molar-refractivity contribution in [3.05, 3.63) is 51.1 Å². The third kappa shape index (κ3) is 5.17. The van der Waals surface area contributed by atoms with Crippen LogP contribution in [0.2, 0.25) is 0 Å². The van der Waals surface area contributed by atoms with E-state index in [1.54, 1.807) is 11.8 Å². The zero-order valence-corrected chi connectivity index (χ0v) is 18.8. The fourth-order valence-corrected chi connectivity index (χ4v) is 4.08. The van der Waals surface area contributed by atoms with Gasteiger partial charge in [-0.25, -0.2) is 4.68 Å². The zero-order chi connectivity index (χ0) is 22.4. The highest BCUT2D eigenvalue weighted by atomic mass is 16.5. The van der Waals surface area contributed by atoms with Crippen LogP contribution in [0.1, 0.15) is 48.3 Å². The molecule has 2 atom stereocenters. The van der Waals surface area contributed by atoms with Crippen molar-refractivity contribution in [1.82, 2.24) is 25.2 Å². The van der Waals surface area contributed by atoms with Gasteiger partial charge in [-0.15, -0.1) is 5.10 Å². The summed E-state index contributed by atoms with van der Waals surface area (Å²) in [6.07, 6.45) is 1.77. The van der Waals surface area contributed by atoms with Crippen LogP contribution in [-0.4, -0.2) is 57.2 Å². The van der Waals surface area contributed by atoms with Gasteiger partial charge in [0, 0.05) is 13.5 Å². The number of pyridine rings is 1. The van der Waals surface area contributed by atoms with Crippen LogP contribution < -0.4 is 10.5 Å². The maximum absolute atomic E-state index is 12.9. The van der Waals surface area contributed by atoms with Gasteiger partial charge < -0.3 is 19.7 Å². The van der Waals surface area contributed by atoms with Gasteiger partial charge in [0.25, 0.3) is 5.56 Å². The molecule has 0 saturated heterocycles. The Morgan fingerprint density at radius 1 is 1.32 bits per heavy atom. The second kappa shape index (κ2) is 10.6. The van der Waals surface area contributed by atoms with Gasteiger partial charge >= 0.3 is 0 Å². The maximum Gasteiger partial charge on any atom is 0.257 e. The second-order valence-electron chi connectivity index (χ2n) is 8.00. The minimum atomic E-state index is -0.0918. The van der Waals surface area contributed by atoms with E-state index in [0.717, 1.165) is 45.6 Å². The highest BCUT2D eigenvalue weighted by molar-refractivity contribution is 5.83. The van der Waals surface area contributed by atoms with Crippen LogP contribution >= 0.6 is 0 Å². The predicted octanol–water partition coefficient (Wildman–Crippen LogP) is 0.696. The number of nitrogens with one attached hydrogen (secondary N) is 2. The molecule has 0 amide bonds. The van der Waals surface area contributed by atoms with Crippen LogP contribution in [0.25, 0.3) is 10.9 Å². The monoisotopic (exact) mass is 429 g/mol. The van der Waals surface area contributed by atoms with Crippen molar-refractivity contribution in [1.29, 1.82) is 0 Å². The summed E-state index contributed by atoms with van der Waals surface area (Å²) >= 11 is 0. The maximum atomic E-state index is 12.9. The number of nitrogens with zero attached hydrogens (tertiary/aromatic N) is 4. The summed E-state index contributed by atoms with van der Waals surface area (Å²) in [6.45, 7) is 8.22. The number of methoxy groups -OCH3 is 1. The van der Waals surface area contributed by atoms with Crippen LogP contribution in [0.15, 0.2) is 23.0 Å². The molecule has 0 saturated carbocycles. The van der Waals surface area contributed by atoms with Crippen LogP contribution in [0.4, 0.5) is 0 Å². The number of hydrogen-bond donors (Lipinski definition) is 3. The zero-order valence-electron chi connectivity index (χ0n) is 18.8. The predicted molar refractivity (Wildman–Crippen MR) is 118 cm³/mol. The van der Waals surface area contributed by atoms with E-state index in [-0.39, 0.29) is 18.2 Å². The first kappa shape index (κ1) is 23.1. The summed E-state index contributed by atoms with van der Waals surface area (Å²) in [5.41, 5.74) is 3.71. The highest BCUT2D eigenvalue weighted by Gasteiger charge is 2.29. The standard InChI is InChI=1S/C22H32N6O3/c1-5-6-19(21-24-25-26-28(21)10-12-31-4)27(9-11-29)14-18-13-17-8-7-15(2)16(3)20(17)23-22(18)30/h7-8,13,19,29H,5-6,9-12,14H2,1-4H3,(H,23,30)/p+1/t19-/m0/s1. The lowest BCUT2D eigenvalue weighted by molar-refractivity contribution is -0.946. The Kier molecular flexibility index (Phi) is 7.89. The SMILES string of the molecule is CCC[C@@H](c1nnnn1CCOC)[NH+](CCO)Cc1cc2ccc(C)c(C)c2[nH]c1=O. The molecule has 2 heterocycles. The quantitative estimate of drug-likeness (QED) is 0.414. The van der Waals surface area contributed by atoms with Gasteiger partial charge in [-0.3, -0.25) is 4.79 Å². The average molecular weight is 430 g/mol. The number of ether oxygens (including phenoxy) is 1. The molecule has 3 rings (SSSR count). The van der Waals surface area contributed by atoms with Crippen LogP contribution in [0, 0.1) is 13.8 Å². The molecule has 0 fully saturated rings. The number of benzene rings is 1. The number of quaternary nitrogens is 1. The van der Waals surface area contributed by atoms with E-state index in [1.165, 1.54) is 0 Å². The Balaban J connectivity index is 1.97. The Bertz CT molecular complexity index is 1060. The molecule has 168 valence electrons. The smallest absolute Gasteiger partial charge is 0.257 e. The number of hydrogen-bond acceptors (Lipinski definition) is 6. The topological polar surface area (TPSA) is 110 Å². The Morgan fingerprint density at radius 2 is 2.13 bits per heavy atom. The lowest BCUT2D eigenvalue weighted by Crippen LogP contribution is -3.11. The summed E-state index contributed by atoms with van der Waals surface area (Å²) < 4.78 is 6.94. The molecular weight excluding hydrogens is 396 g/mol. The molecular formula is C22H33N6O3+. The van der Waals surface area contributed by atoms with Crippen molar-refractivity contribution in [2.75, 3.05) is 26.9 Å². The molecule has 0 spiro atoms. The summed E-state index contributed by atoms with van der Waals surface area (Å²) in [7, 11) is 1.64. The van der Waals surface area contributed by atoms with Crippen molar-refractivity contribution in [2.45, 2.75) is 52.7 Å². The number of aliphatic hydroxyl groups excluding tert-OH is 1. The summed E-state index contributed by atoms with van der Waals surface area (Å²) in [4.78, 5) is 17.0. The third-order valence-electron chi connectivity index (χ3n) is 5.93.